The van der Waals surface area contributed by atoms with Crippen LogP contribution < -0.4 is 10.5 Å². The molecule has 0 spiro atoms. The van der Waals surface area contributed by atoms with Gasteiger partial charge in [-0.2, -0.15) is 0 Å². The topological polar surface area (TPSA) is 48.1 Å². The Labute approximate surface area is 107 Å². The van der Waals surface area contributed by atoms with Gasteiger partial charge in [0.1, 0.15) is 5.75 Å². The molecule has 6 heteroatoms. The fourth-order valence-electron chi connectivity index (χ4n) is 1.74. The van der Waals surface area contributed by atoms with Crippen molar-refractivity contribution in [2.24, 2.45) is 0 Å². The van der Waals surface area contributed by atoms with E-state index in [9.17, 15) is 13.2 Å². The molecule has 0 saturated heterocycles. The van der Waals surface area contributed by atoms with Gasteiger partial charge in [0, 0.05) is 17.4 Å². The van der Waals surface area contributed by atoms with Crippen LogP contribution in [0.5, 0.6) is 5.75 Å². The first-order valence-corrected chi connectivity index (χ1v) is 5.45. The number of pyridine rings is 1. The molecule has 0 aliphatic carbocycles. The predicted molar refractivity (Wildman–Crippen MR) is 65.5 cm³/mol. The summed E-state index contributed by atoms with van der Waals surface area (Å²) in [4.78, 5) is 4.04. The van der Waals surface area contributed by atoms with E-state index in [0.717, 1.165) is 0 Å². The summed E-state index contributed by atoms with van der Waals surface area (Å²) in [7, 11) is 0. The number of alkyl halides is 3. The first kappa shape index (κ1) is 13.2. The molecule has 3 nitrogen and oxygen atoms in total. The van der Waals surface area contributed by atoms with Crippen LogP contribution in [0.3, 0.4) is 0 Å². The lowest BCUT2D eigenvalue weighted by Gasteiger charge is -2.16. The average Bonchev–Trinajstić information content (AvgIpc) is 2.34. The monoisotopic (exact) mass is 268 g/mol. The lowest BCUT2D eigenvalue weighted by molar-refractivity contribution is -0.274. The Kier molecular flexibility index (Phi) is 3.33. The number of ether oxygens (including phenoxy) is 1. The van der Waals surface area contributed by atoms with E-state index >= 15 is 0 Å². The summed E-state index contributed by atoms with van der Waals surface area (Å²) in [6.07, 6.45) is -3.26. The zero-order valence-electron chi connectivity index (χ0n) is 10.0. The predicted octanol–water partition coefficient (Wildman–Crippen LogP) is 3.54. The van der Waals surface area contributed by atoms with Crippen LogP contribution in [-0.2, 0) is 0 Å². The van der Waals surface area contributed by atoms with Crippen LogP contribution in [0.25, 0.3) is 11.3 Å². The fourth-order valence-corrected chi connectivity index (χ4v) is 1.74. The van der Waals surface area contributed by atoms with Gasteiger partial charge in [0.2, 0.25) is 0 Å². The summed E-state index contributed by atoms with van der Waals surface area (Å²) >= 11 is 0. The van der Waals surface area contributed by atoms with E-state index in [-0.39, 0.29) is 11.3 Å². The van der Waals surface area contributed by atoms with Crippen molar-refractivity contribution >= 4 is 5.69 Å². The van der Waals surface area contributed by atoms with Crippen molar-refractivity contribution in [3.8, 4) is 17.0 Å². The molecule has 2 aromatic rings. The van der Waals surface area contributed by atoms with Crippen LogP contribution in [0.1, 0.15) is 5.56 Å². The van der Waals surface area contributed by atoms with E-state index in [1.165, 1.54) is 18.3 Å². The summed E-state index contributed by atoms with van der Waals surface area (Å²) in [5.41, 5.74) is 7.24. The zero-order valence-corrected chi connectivity index (χ0v) is 10.0. The number of hydrogen-bond donors (Lipinski definition) is 1. The van der Waals surface area contributed by atoms with E-state index in [2.05, 4.69) is 9.72 Å². The van der Waals surface area contributed by atoms with Gasteiger partial charge in [-0.25, -0.2) is 0 Å². The van der Waals surface area contributed by atoms with Crippen molar-refractivity contribution < 1.29 is 17.9 Å². The molecule has 2 N–H and O–H groups in total. The number of hydrogen-bond acceptors (Lipinski definition) is 3. The van der Waals surface area contributed by atoms with Crippen molar-refractivity contribution in [1.82, 2.24) is 4.98 Å². The summed E-state index contributed by atoms with van der Waals surface area (Å²) in [5, 5.41) is 0. The number of nitrogens with zero attached hydrogens (tertiary/aromatic N) is 1. The van der Waals surface area contributed by atoms with Gasteiger partial charge in [0.15, 0.2) is 0 Å². The number of nitrogens with two attached hydrogens (primary N) is 1. The minimum Gasteiger partial charge on any atom is -0.405 e. The number of rotatable bonds is 2. The molecule has 100 valence electrons. The number of halogens is 3. The number of nitrogen functional groups attached to an aromatic ring is 1. The van der Waals surface area contributed by atoms with Gasteiger partial charge in [0.25, 0.3) is 0 Å². The molecule has 1 heterocycles. The molecule has 0 saturated carbocycles. The van der Waals surface area contributed by atoms with E-state index in [0.29, 0.717) is 16.9 Å². The van der Waals surface area contributed by atoms with Gasteiger partial charge >= 0.3 is 6.36 Å². The minimum atomic E-state index is -4.76. The normalized spacial score (nSPS) is 11.4. The average molecular weight is 268 g/mol. The highest BCUT2D eigenvalue weighted by Crippen LogP contribution is 2.37. The Morgan fingerprint density at radius 2 is 1.89 bits per heavy atom. The van der Waals surface area contributed by atoms with Crippen molar-refractivity contribution in [2.45, 2.75) is 13.3 Å². The molecule has 0 radical (unpaired) electrons. The molecular weight excluding hydrogens is 257 g/mol. The molecule has 0 aliphatic rings. The van der Waals surface area contributed by atoms with Crippen LogP contribution >= 0.6 is 0 Å². The summed E-state index contributed by atoms with van der Waals surface area (Å²) in [6.45, 7) is 1.63. The Morgan fingerprint density at radius 1 is 1.16 bits per heavy atom. The number of anilines is 1. The second-order valence-electron chi connectivity index (χ2n) is 3.92. The second-order valence-corrected chi connectivity index (χ2v) is 3.92. The molecule has 0 aliphatic heterocycles. The molecule has 0 bridgehead atoms. The molecule has 19 heavy (non-hydrogen) atoms. The first-order chi connectivity index (χ1) is 8.88. The third-order valence-corrected chi connectivity index (χ3v) is 2.62. The smallest absolute Gasteiger partial charge is 0.405 e. The molecule has 0 fully saturated rings. The van der Waals surface area contributed by atoms with Crippen molar-refractivity contribution in [3.05, 3.63) is 42.1 Å². The molecule has 0 amide bonds. The van der Waals surface area contributed by atoms with Crippen molar-refractivity contribution in [2.75, 3.05) is 5.73 Å². The highest BCUT2D eigenvalue weighted by atomic mass is 19.4. The van der Waals surface area contributed by atoms with Gasteiger partial charge < -0.3 is 10.5 Å². The van der Waals surface area contributed by atoms with Crippen LogP contribution in [0.15, 0.2) is 36.5 Å². The van der Waals surface area contributed by atoms with Crippen molar-refractivity contribution in [3.63, 3.8) is 0 Å². The van der Waals surface area contributed by atoms with Crippen LogP contribution in [0.4, 0.5) is 18.9 Å². The van der Waals surface area contributed by atoms with Gasteiger partial charge in [-0.05, 0) is 36.8 Å². The molecule has 2 rings (SSSR count). The van der Waals surface area contributed by atoms with Gasteiger partial charge in [-0.15, -0.1) is 13.2 Å². The van der Waals surface area contributed by atoms with E-state index in [1.54, 1.807) is 25.1 Å². The standard InChI is InChI=1S/C13H11F3N2O/c1-8-9(17)5-6-11(19-13(14,15)16)12(8)10-4-2-3-7-18-10/h2-7H,17H2,1H3. The highest BCUT2D eigenvalue weighted by Gasteiger charge is 2.32. The molecule has 1 aromatic carbocycles. The maximum absolute atomic E-state index is 12.4. The maximum Gasteiger partial charge on any atom is 0.573 e. The highest BCUT2D eigenvalue weighted by molar-refractivity contribution is 5.76. The number of benzene rings is 1. The van der Waals surface area contributed by atoms with E-state index < -0.39 is 6.36 Å². The van der Waals surface area contributed by atoms with Crippen molar-refractivity contribution in [1.29, 1.82) is 0 Å². The van der Waals surface area contributed by atoms with Gasteiger partial charge in [-0.3, -0.25) is 4.98 Å². The van der Waals surface area contributed by atoms with Crippen LogP contribution in [0, 0.1) is 6.92 Å². The van der Waals surface area contributed by atoms with Crippen LogP contribution in [0.2, 0.25) is 0 Å². The zero-order chi connectivity index (χ0) is 14.0. The van der Waals surface area contributed by atoms with Gasteiger partial charge in [0.05, 0.1) is 5.69 Å². The molecule has 0 unspecified atom stereocenters. The lowest BCUT2D eigenvalue weighted by Crippen LogP contribution is -2.18. The SMILES string of the molecule is Cc1c(N)ccc(OC(F)(F)F)c1-c1ccccn1. The molecule has 0 atom stereocenters. The number of aromatic nitrogens is 1. The largest absolute Gasteiger partial charge is 0.573 e. The minimum absolute atomic E-state index is 0.248. The Morgan fingerprint density at radius 3 is 2.47 bits per heavy atom. The second kappa shape index (κ2) is 4.79. The molecular formula is C13H11F3N2O. The van der Waals surface area contributed by atoms with E-state index in [1.807, 2.05) is 0 Å². The Bertz CT molecular complexity index is 582. The quantitative estimate of drug-likeness (QED) is 0.847. The van der Waals surface area contributed by atoms with Gasteiger partial charge in [-0.1, -0.05) is 6.07 Å². The van der Waals surface area contributed by atoms with Crippen LogP contribution in [-0.4, -0.2) is 11.3 Å². The Balaban J connectivity index is 2.59. The summed E-state index contributed by atoms with van der Waals surface area (Å²) < 4.78 is 41.2. The van der Waals surface area contributed by atoms with E-state index in [4.69, 9.17) is 5.73 Å². The summed E-state index contributed by atoms with van der Waals surface area (Å²) in [6, 6.07) is 7.53. The fraction of sp³-hybridized carbons (Fsp3) is 0.154. The lowest BCUT2D eigenvalue weighted by atomic mass is 10.0. The third kappa shape index (κ3) is 2.96. The third-order valence-electron chi connectivity index (χ3n) is 2.62. The molecule has 1 aromatic heterocycles. The Hall–Kier alpha value is -2.24. The maximum atomic E-state index is 12.4. The summed E-state index contributed by atoms with van der Waals surface area (Å²) in [5.74, 6) is -0.307. The first-order valence-electron chi connectivity index (χ1n) is 5.45.